The van der Waals surface area contributed by atoms with E-state index in [9.17, 15) is 9.59 Å². The maximum Gasteiger partial charge on any atom is 0.202 e. The van der Waals surface area contributed by atoms with Crippen LogP contribution in [0.3, 0.4) is 0 Å². The Morgan fingerprint density at radius 3 is 1.50 bits per heavy atom. The Hall–Kier alpha value is -1.58. The van der Waals surface area contributed by atoms with Gasteiger partial charge in [-0.15, -0.1) is 0 Å². The van der Waals surface area contributed by atoms with Gasteiger partial charge in [0.05, 0.1) is 13.2 Å². The van der Waals surface area contributed by atoms with Crippen molar-refractivity contribution in [3.05, 3.63) is 22.7 Å². The van der Waals surface area contributed by atoms with Gasteiger partial charge in [-0.25, -0.2) is 0 Å². The molecule has 0 saturated heterocycles. The van der Waals surface area contributed by atoms with Gasteiger partial charge in [0.2, 0.25) is 11.6 Å². The quantitative estimate of drug-likeness (QED) is 0.707. The molecule has 0 aromatic rings. The zero-order valence-corrected chi connectivity index (χ0v) is 9.46. The summed E-state index contributed by atoms with van der Waals surface area (Å²) in [5, 5.41) is 0. The molecule has 4 nitrogen and oxygen atoms in total. The fourth-order valence-electron chi connectivity index (χ4n) is 1.88. The molecule has 2 aliphatic rings. The predicted octanol–water partition coefficient (Wildman–Crippen LogP) is 1.51. The Balaban J connectivity index is 2.26. The second-order valence-electron chi connectivity index (χ2n) is 3.68. The van der Waals surface area contributed by atoms with E-state index in [1.165, 1.54) is 0 Å². The Bertz CT molecular complexity index is 375. The minimum absolute atomic E-state index is 0.0135. The monoisotopic (exact) mass is 222 g/mol. The van der Waals surface area contributed by atoms with Crippen molar-refractivity contribution in [1.29, 1.82) is 0 Å². The van der Waals surface area contributed by atoms with Gasteiger partial charge < -0.3 is 9.47 Å². The lowest BCUT2D eigenvalue weighted by Crippen LogP contribution is -2.29. The molecule has 0 N–H and O–H groups in total. The molecule has 0 spiro atoms. The van der Waals surface area contributed by atoms with E-state index in [0.29, 0.717) is 37.6 Å². The van der Waals surface area contributed by atoms with Crippen molar-refractivity contribution in [3.63, 3.8) is 0 Å². The van der Waals surface area contributed by atoms with Crippen LogP contribution in [0.4, 0.5) is 0 Å². The molecule has 2 aliphatic carbocycles. The molecule has 0 radical (unpaired) electrons. The summed E-state index contributed by atoms with van der Waals surface area (Å²) in [6, 6.07) is 0. The summed E-state index contributed by atoms with van der Waals surface area (Å²) in [7, 11) is 0. The van der Waals surface area contributed by atoms with E-state index < -0.39 is 0 Å². The molecule has 86 valence electrons. The first-order chi connectivity index (χ1) is 7.69. The predicted molar refractivity (Wildman–Crippen MR) is 56.6 cm³/mol. The van der Waals surface area contributed by atoms with Crippen LogP contribution in [0.5, 0.6) is 0 Å². The Labute approximate surface area is 93.9 Å². The highest BCUT2D eigenvalue weighted by atomic mass is 16.5. The largest absolute Gasteiger partial charge is 0.490 e. The summed E-state index contributed by atoms with van der Waals surface area (Å²) < 4.78 is 10.5. The summed E-state index contributed by atoms with van der Waals surface area (Å²) in [5.74, 6) is 0.864. The summed E-state index contributed by atoms with van der Waals surface area (Å²) in [6.07, 6.45) is 0.739. The molecule has 0 saturated carbocycles. The highest BCUT2D eigenvalue weighted by Crippen LogP contribution is 2.40. The van der Waals surface area contributed by atoms with Gasteiger partial charge in [0.1, 0.15) is 0 Å². The highest BCUT2D eigenvalue weighted by Gasteiger charge is 2.39. The summed E-state index contributed by atoms with van der Waals surface area (Å²) in [6.45, 7) is 4.60. The fourth-order valence-corrected chi connectivity index (χ4v) is 1.88. The molecule has 0 aromatic heterocycles. The average Bonchev–Trinajstić information content (AvgIpc) is 2.27. The van der Waals surface area contributed by atoms with Gasteiger partial charge >= 0.3 is 0 Å². The third kappa shape index (κ3) is 1.54. The Kier molecular flexibility index (Phi) is 2.81. The summed E-state index contributed by atoms with van der Waals surface area (Å²) >= 11 is 0. The highest BCUT2D eigenvalue weighted by molar-refractivity contribution is 6.10. The molecule has 0 atom stereocenters. The van der Waals surface area contributed by atoms with Crippen molar-refractivity contribution >= 4 is 11.6 Å². The van der Waals surface area contributed by atoms with Gasteiger partial charge in [0.15, 0.2) is 11.5 Å². The molecule has 4 heteroatoms. The third-order valence-electron chi connectivity index (χ3n) is 2.67. The van der Waals surface area contributed by atoms with E-state index in [1.807, 2.05) is 13.8 Å². The van der Waals surface area contributed by atoms with Gasteiger partial charge in [0.25, 0.3) is 0 Å². The van der Waals surface area contributed by atoms with Crippen LogP contribution in [-0.2, 0) is 19.1 Å². The molecular formula is C12H14O4. The molecule has 16 heavy (non-hydrogen) atoms. The normalized spacial score (nSPS) is 19.6. The summed E-state index contributed by atoms with van der Waals surface area (Å²) in [5.41, 5.74) is 1.71. The lowest BCUT2D eigenvalue weighted by atomic mass is 9.79. The lowest BCUT2D eigenvalue weighted by Gasteiger charge is -2.29. The van der Waals surface area contributed by atoms with Crippen LogP contribution in [0.2, 0.25) is 0 Å². The van der Waals surface area contributed by atoms with Crippen molar-refractivity contribution in [2.45, 2.75) is 26.7 Å². The zero-order valence-electron chi connectivity index (χ0n) is 9.46. The third-order valence-corrected chi connectivity index (χ3v) is 2.67. The number of Topliss-reactive ketones (excluding diaryl/α,β-unsaturated/α-hetero) is 2. The first-order valence-corrected chi connectivity index (χ1v) is 5.47. The maximum atomic E-state index is 11.3. The number of ketones is 2. The number of carbonyl (C=O) groups is 2. The van der Waals surface area contributed by atoms with Crippen LogP contribution in [0.15, 0.2) is 22.7 Å². The van der Waals surface area contributed by atoms with Crippen LogP contribution in [-0.4, -0.2) is 24.8 Å². The molecule has 0 aliphatic heterocycles. The van der Waals surface area contributed by atoms with Gasteiger partial charge in [-0.2, -0.15) is 0 Å². The molecule has 0 unspecified atom stereocenters. The van der Waals surface area contributed by atoms with Gasteiger partial charge in [-0.1, -0.05) is 0 Å². The van der Waals surface area contributed by atoms with Crippen molar-refractivity contribution in [3.8, 4) is 0 Å². The van der Waals surface area contributed by atoms with E-state index >= 15 is 0 Å². The van der Waals surface area contributed by atoms with Crippen LogP contribution in [0, 0.1) is 0 Å². The van der Waals surface area contributed by atoms with E-state index in [4.69, 9.17) is 9.47 Å². The molecule has 0 fully saturated rings. The minimum atomic E-state index is 0.0135. The van der Waals surface area contributed by atoms with Gasteiger partial charge in [-0.3, -0.25) is 9.59 Å². The molecule has 0 bridgehead atoms. The lowest BCUT2D eigenvalue weighted by molar-refractivity contribution is -0.122. The van der Waals surface area contributed by atoms with Gasteiger partial charge in [0, 0.05) is 24.0 Å². The first-order valence-electron chi connectivity index (χ1n) is 5.47. The van der Waals surface area contributed by atoms with E-state index in [0.717, 1.165) is 11.1 Å². The van der Waals surface area contributed by atoms with Crippen LogP contribution >= 0.6 is 0 Å². The van der Waals surface area contributed by atoms with E-state index in [-0.39, 0.29) is 11.6 Å². The average molecular weight is 222 g/mol. The molecule has 2 rings (SSSR count). The standard InChI is InChI=1S/C12H14O4/c1-3-15-11-7(5-9(11)13)8-6-10(14)12(8)16-4-2/h3-6H2,1-2H3. The smallest absolute Gasteiger partial charge is 0.202 e. The number of allylic oxidation sites excluding steroid dienone is 4. The van der Waals surface area contributed by atoms with Crippen molar-refractivity contribution in [2.75, 3.05) is 13.2 Å². The van der Waals surface area contributed by atoms with Crippen LogP contribution < -0.4 is 0 Å². The maximum absolute atomic E-state index is 11.3. The Morgan fingerprint density at radius 1 is 0.875 bits per heavy atom. The number of hydrogen-bond donors (Lipinski definition) is 0. The minimum Gasteiger partial charge on any atom is -0.490 e. The molecular weight excluding hydrogens is 208 g/mol. The number of ether oxygens (including phenoxy) is 2. The fraction of sp³-hybridized carbons (Fsp3) is 0.500. The number of carbonyl (C=O) groups excluding carboxylic acids is 2. The van der Waals surface area contributed by atoms with Crippen molar-refractivity contribution in [2.24, 2.45) is 0 Å². The van der Waals surface area contributed by atoms with Crippen molar-refractivity contribution in [1.82, 2.24) is 0 Å². The van der Waals surface area contributed by atoms with E-state index in [2.05, 4.69) is 0 Å². The van der Waals surface area contributed by atoms with E-state index in [1.54, 1.807) is 0 Å². The summed E-state index contributed by atoms with van der Waals surface area (Å²) in [4.78, 5) is 22.6. The molecule has 0 heterocycles. The first kappa shape index (κ1) is 10.9. The molecule has 0 amide bonds. The van der Waals surface area contributed by atoms with Crippen molar-refractivity contribution < 1.29 is 19.1 Å². The van der Waals surface area contributed by atoms with Crippen LogP contribution in [0.25, 0.3) is 0 Å². The zero-order chi connectivity index (χ0) is 11.7. The second-order valence-corrected chi connectivity index (χ2v) is 3.68. The molecule has 0 aromatic carbocycles. The van der Waals surface area contributed by atoms with Crippen LogP contribution in [0.1, 0.15) is 26.7 Å². The SMILES string of the molecule is CCOC1=C(C2=C(OCC)C(=O)C2)CC1=O. The number of rotatable bonds is 5. The second kappa shape index (κ2) is 4.12. The van der Waals surface area contributed by atoms with Gasteiger partial charge in [-0.05, 0) is 13.8 Å². The number of hydrogen-bond acceptors (Lipinski definition) is 4. The Morgan fingerprint density at radius 2 is 1.25 bits per heavy atom. The topological polar surface area (TPSA) is 52.6 Å².